The van der Waals surface area contributed by atoms with Crippen molar-refractivity contribution in [3.8, 4) is 0 Å². The molecule has 2 rings (SSSR count). The first kappa shape index (κ1) is 23.4. The van der Waals surface area contributed by atoms with E-state index in [1.54, 1.807) is 6.92 Å². The lowest BCUT2D eigenvalue weighted by Gasteiger charge is -2.36. The van der Waals surface area contributed by atoms with Crippen LogP contribution in [0.2, 0.25) is 0 Å². The van der Waals surface area contributed by atoms with Crippen molar-refractivity contribution < 1.29 is 4.79 Å². The molecule has 1 aromatic heterocycles. The second-order valence-corrected chi connectivity index (χ2v) is 8.66. The zero-order chi connectivity index (χ0) is 22.6. The summed E-state index contributed by atoms with van der Waals surface area (Å²) in [6.07, 6.45) is 0. The van der Waals surface area contributed by atoms with Crippen LogP contribution in [0.4, 0.5) is 11.5 Å². The molecule has 0 spiro atoms. The summed E-state index contributed by atoms with van der Waals surface area (Å²) >= 11 is 0. The molecule has 30 heavy (non-hydrogen) atoms. The van der Waals surface area contributed by atoms with Gasteiger partial charge in [0, 0.05) is 12.6 Å². The number of anilines is 2. The number of H-pyrrole nitrogens is 1. The molecular weight excluding hydrogens is 382 g/mol. The van der Waals surface area contributed by atoms with Crippen molar-refractivity contribution in [1.82, 2.24) is 14.5 Å². The van der Waals surface area contributed by atoms with Crippen molar-refractivity contribution in [1.29, 1.82) is 0 Å². The molecular formula is C22H33N5O3. The Balaban J connectivity index is 2.40. The number of hydrogen-bond acceptors (Lipinski definition) is 5. The quantitative estimate of drug-likeness (QED) is 0.719. The van der Waals surface area contributed by atoms with Crippen LogP contribution >= 0.6 is 0 Å². The topological polar surface area (TPSA) is 104 Å². The molecule has 0 aliphatic rings. The molecule has 1 atom stereocenters. The van der Waals surface area contributed by atoms with Crippen molar-refractivity contribution in [3.05, 3.63) is 56.7 Å². The first-order chi connectivity index (χ1) is 14.0. The second kappa shape index (κ2) is 9.30. The summed E-state index contributed by atoms with van der Waals surface area (Å²) in [6, 6.07) is 9.46. The highest BCUT2D eigenvalue weighted by molar-refractivity contribution is 5.96. The zero-order valence-electron chi connectivity index (χ0n) is 18.7. The fraction of sp³-hybridized carbons (Fsp3) is 0.500. The summed E-state index contributed by atoms with van der Waals surface area (Å²) in [7, 11) is 1.88. The number of likely N-dealkylation sites (N-methyl/N-ethyl adjacent to an activating group) is 2. The summed E-state index contributed by atoms with van der Waals surface area (Å²) in [5, 5.41) is 0. The first-order valence-electron chi connectivity index (χ1n) is 10.1. The van der Waals surface area contributed by atoms with E-state index in [-0.39, 0.29) is 48.5 Å². The molecule has 164 valence electrons. The molecule has 1 aromatic carbocycles. The van der Waals surface area contributed by atoms with E-state index in [1.807, 2.05) is 42.3 Å². The smallest absolute Gasteiger partial charge is 0.330 e. The monoisotopic (exact) mass is 415 g/mol. The van der Waals surface area contributed by atoms with E-state index in [0.29, 0.717) is 0 Å². The van der Waals surface area contributed by atoms with Crippen molar-refractivity contribution in [2.75, 3.05) is 30.8 Å². The van der Waals surface area contributed by atoms with E-state index in [0.717, 1.165) is 5.56 Å². The van der Waals surface area contributed by atoms with Gasteiger partial charge in [0.25, 0.3) is 5.56 Å². The normalized spacial score (nSPS) is 12.8. The van der Waals surface area contributed by atoms with E-state index in [1.165, 1.54) is 9.47 Å². The van der Waals surface area contributed by atoms with E-state index >= 15 is 0 Å². The van der Waals surface area contributed by atoms with Crippen molar-refractivity contribution in [3.63, 3.8) is 0 Å². The summed E-state index contributed by atoms with van der Waals surface area (Å²) in [5.41, 5.74) is 5.83. The van der Waals surface area contributed by atoms with Crippen LogP contribution < -0.4 is 21.9 Å². The van der Waals surface area contributed by atoms with Gasteiger partial charge in [0.1, 0.15) is 5.82 Å². The molecule has 1 unspecified atom stereocenters. The summed E-state index contributed by atoms with van der Waals surface area (Å²) in [4.78, 5) is 43.7. The molecule has 0 saturated carbocycles. The van der Waals surface area contributed by atoms with E-state index in [9.17, 15) is 14.4 Å². The zero-order valence-corrected chi connectivity index (χ0v) is 18.7. The van der Waals surface area contributed by atoms with Crippen LogP contribution in [0.15, 0.2) is 39.9 Å². The molecule has 8 nitrogen and oxygen atoms in total. The average Bonchev–Trinajstić information content (AvgIpc) is 2.67. The van der Waals surface area contributed by atoms with Gasteiger partial charge in [-0.1, -0.05) is 51.1 Å². The van der Waals surface area contributed by atoms with Gasteiger partial charge in [0.15, 0.2) is 5.69 Å². The third-order valence-electron chi connectivity index (χ3n) is 5.58. The maximum Gasteiger partial charge on any atom is 0.330 e. The predicted molar refractivity (Wildman–Crippen MR) is 121 cm³/mol. The van der Waals surface area contributed by atoms with Gasteiger partial charge in [-0.3, -0.25) is 24.0 Å². The lowest BCUT2D eigenvalue weighted by Crippen LogP contribution is -2.48. The number of nitrogens with two attached hydrogens (primary N) is 1. The molecule has 0 radical (unpaired) electrons. The molecule has 2 aromatic rings. The maximum atomic E-state index is 13.1. The number of nitrogens with zero attached hydrogens (tertiary/aromatic N) is 3. The number of nitrogens with one attached hydrogen (secondary N) is 1. The predicted octanol–water partition coefficient (Wildman–Crippen LogP) is 1.89. The Morgan fingerprint density at radius 3 is 2.33 bits per heavy atom. The van der Waals surface area contributed by atoms with E-state index < -0.39 is 11.2 Å². The SMILES string of the molecule is CCN(C(=O)CN(C)C(C)C(C)(C)C)c1c(N)n(Cc2ccccc2)c(=O)[nH]c1=O. The standard InChI is InChI=1S/C22H33N5O3/c1-7-26(17(28)14-25(6)15(2)22(3,4)5)18-19(23)27(21(30)24-20(18)29)13-16-11-9-8-10-12-16/h8-12,15H,7,13-14,23H2,1-6H3,(H,24,29,30). The molecule has 8 heteroatoms. The number of rotatable bonds is 7. The highest BCUT2D eigenvalue weighted by Gasteiger charge is 2.28. The Kier molecular flexibility index (Phi) is 7.25. The van der Waals surface area contributed by atoms with Gasteiger partial charge < -0.3 is 10.6 Å². The van der Waals surface area contributed by atoms with Crippen LogP contribution in [0.1, 0.15) is 40.2 Å². The fourth-order valence-corrected chi connectivity index (χ4v) is 3.32. The Morgan fingerprint density at radius 1 is 1.20 bits per heavy atom. The van der Waals surface area contributed by atoms with Gasteiger partial charge in [-0.05, 0) is 31.9 Å². The van der Waals surface area contributed by atoms with E-state index in [4.69, 9.17) is 5.73 Å². The number of amides is 1. The molecule has 0 saturated heterocycles. The summed E-state index contributed by atoms with van der Waals surface area (Å²) < 4.78 is 1.28. The van der Waals surface area contributed by atoms with Gasteiger partial charge >= 0.3 is 5.69 Å². The minimum Gasteiger partial charge on any atom is -0.383 e. The Bertz CT molecular complexity index is 989. The van der Waals surface area contributed by atoms with Gasteiger partial charge in [-0.15, -0.1) is 0 Å². The fourth-order valence-electron chi connectivity index (χ4n) is 3.32. The minimum atomic E-state index is -0.663. The molecule has 0 bridgehead atoms. The number of aromatic nitrogens is 2. The minimum absolute atomic E-state index is 0.00845. The van der Waals surface area contributed by atoms with Crippen LogP contribution in [-0.4, -0.2) is 46.5 Å². The molecule has 0 aliphatic carbocycles. The third-order valence-corrected chi connectivity index (χ3v) is 5.58. The second-order valence-electron chi connectivity index (χ2n) is 8.66. The number of carbonyl (C=O) groups is 1. The van der Waals surface area contributed by atoms with Gasteiger partial charge in [0.05, 0.1) is 13.1 Å². The summed E-state index contributed by atoms with van der Waals surface area (Å²) in [6.45, 7) is 10.7. The highest BCUT2D eigenvalue weighted by atomic mass is 16.2. The van der Waals surface area contributed by atoms with Crippen LogP contribution in [0, 0.1) is 5.41 Å². The average molecular weight is 416 g/mol. The lowest BCUT2D eigenvalue weighted by molar-refractivity contribution is -0.120. The van der Waals surface area contributed by atoms with Gasteiger partial charge in [0.2, 0.25) is 5.91 Å². The Morgan fingerprint density at radius 2 is 1.80 bits per heavy atom. The van der Waals surface area contributed by atoms with Crippen LogP contribution in [0.3, 0.4) is 0 Å². The molecule has 0 fully saturated rings. The summed E-state index contributed by atoms with van der Waals surface area (Å²) in [5.74, 6) is -0.271. The largest absolute Gasteiger partial charge is 0.383 e. The van der Waals surface area contributed by atoms with Gasteiger partial charge in [-0.2, -0.15) is 0 Å². The Labute approximate surface area is 177 Å². The molecule has 1 heterocycles. The number of carbonyl (C=O) groups excluding carboxylic acids is 1. The third kappa shape index (κ3) is 5.18. The lowest BCUT2D eigenvalue weighted by atomic mass is 9.87. The van der Waals surface area contributed by atoms with Crippen molar-refractivity contribution in [2.45, 2.75) is 47.2 Å². The van der Waals surface area contributed by atoms with Crippen molar-refractivity contribution in [2.24, 2.45) is 5.41 Å². The van der Waals surface area contributed by atoms with Crippen LogP contribution in [-0.2, 0) is 11.3 Å². The van der Waals surface area contributed by atoms with Gasteiger partial charge in [-0.25, -0.2) is 4.79 Å². The van der Waals surface area contributed by atoms with E-state index in [2.05, 4.69) is 32.7 Å². The number of benzene rings is 1. The molecule has 0 aliphatic heterocycles. The number of aromatic amines is 1. The maximum absolute atomic E-state index is 13.1. The highest BCUT2D eigenvalue weighted by Crippen LogP contribution is 2.23. The number of hydrogen-bond donors (Lipinski definition) is 2. The Hall–Kier alpha value is -2.87. The van der Waals surface area contributed by atoms with Crippen LogP contribution in [0.25, 0.3) is 0 Å². The first-order valence-corrected chi connectivity index (χ1v) is 10.1. The van der Waals surface area contributed by atoms with Crippen molar-refractivity contribution >= 4 is 17.4 Å². The molecule has 3 N–H and O–H groups in total. The van der Waals surface area contributed by atoms with Crippen LogP contribution in [0.5, 0.6) is 0 Å². The number of nitrogen functional groups attached to an aromatic ring is 1. The molecule has 1 amide bonds.